The van der Waals surface area contributed by atoms with Crippen LogP contribution in [0.3, 0.4) is 0 Å². The average Bonchev–Trinajstić information content (AvgIpc) is 3.31. The molecular weight excluding hydrogens is 374 g/mol. The van der Waals surface area contributed by atoms with Crippen LogP contribution in [0.15, 0.2) is 4.34 Å². The zero-order valence-corrected chi connectivity index (χ0v) is 16.3. The highest BCUT2D eigenvalue weighted by Crippen LogP contribution is 2.25. The van der Waals surface area contributed by atoms with Gasteiger partial charge in [0.25, 0.3) is 0 Å². The Balaban J connectivity index is 1.34. The first-order valence-corrected chi connectivity index (χ1v) is 10.9. The molecule has 26 heavy (non-hydrogen) atoms. The lowest BCUT2D eigenvalue weighted by atomic mass is 9.96. The van der Waals surface area contributed by atoms with Gasteiger partial charge in [-0.1, -0.05) is 42.4 Å². The van der Waals surface area contributed by atoms with Crippen molar-refractivity contribution in [2.24, 2.45) is 0 Å². The number of hydrogen-bond acceptors (Lipinski definition) is 7. The standard InChI is InChI=1S/C16H25N5O3S2/c22-13(17-9-12-7-4-8-24-12)10-25-16-21-20-15(26-16)19-14(23)18-11-5-2-1-3-6-11/h11-12H,1-10H2,(H,17,22)(H2,18,19,20,23)/t12-/m0/s1. The number of carbonyl (C=O) groups excluding carboxylic acids is 2. The van der Waals surface area contributed by atoms with E-state index in [0.717, 1.165) is 32.3 Å². The van der Waals surface area contributed by atoms with Crippen LogP contribution in [0, 0.1) is 0 Å². The summed E-state index contributed by atoms with van der Waals surface area (Å²) in [5, 5.41) is 17.0. The van der Waals surface area contributed by atoms with E-state index >= 15 is 0 Å². The van der Waals surface area contributed by atoms with Crippen molar-refractivity contribution in [1.82, 2.24) is 20.8 Å². The number of nitrogens with zero attached hydrogens (tertiary/aromatic N) is 2. The van der Waals surface area contributed by atoms with Gasteiger partial charge in [-0.25, -0.2) is 4.79 Å². The topological polar surface area (TPSA) is 105 Å². The molecule has 1 saturated heterocycles. The molecule has 10 heteroatoms. The Morgan fingerprint density at radius 3 is 2.77 bits per heavy atom. The van der Waals surface area contributed by atoms with Gasteiger partial charge < -0.3 is 15.4 Å². The molecule has 1 aromatic rings. The Morgan fingerprint density at radius 1 is 1.15 bits per heavy atom. The van der Waals surface area contributed by atoms with Crippen molar-refractivity contribution in [3.63, 3.8) is 0 Å². The third-order valence-electron chi connectivity index (χ3n) is 4.44. The number of ether oxygens (including phenoxy) is 1. The minimum absolute atomic E-state index is 0.0507. The minimum atomic E-state index is -0.237. The summed E-state index contributed by atoms with van der Waals surface area (Å²) in [4.78, 5) is 23.9. The fourth-order valence-corrected chi connectivity index (χ4v) is 4.67. The van der Waals surface area contributed by atoms with Crippen molar-refractivity contribution in [3.05, 3.63) is 0 Å². The van der Waals surface area contributed by atoms with Gasteiger partial charge in [0, 0.05) is 19.2 Å². The van der Waals surface area contributed by atoms with E-state index in [1.165, 1.54) is 42.4 Å². The summed E-state index contributed by atoms with van der Waals surface area (Å²) in [6.07, 6.45) is 7.85. The zero-order valence-electron chi connectivity index (χ0n) is 14.7. The molecule has 8 nitrogen and oxygen atoms in total. The van der Waals surface area contributed by atoms with Crippen LogP contribution in [0.25, 0.3) is 0 Å². The Morgan fingerprint density at radius 2 is 2.00 bits per heavy atom. The lowest BCUT2D eigenvalue weighted by Gasteiger charge is -2.22. The zero-order chi connectivity index (χ0) is 18.2. The van der Waals surface area contributed by atoms with Crippen molar-refractivity contribution < 1.29 is 14.3 Å². The van der Waals surface area contributed by atoms with E-state index in [1.807, 2.05) is 0 Å². The molecule has 2 aliphatic rings. The van der Waals surface area contributed by atoms with Gasteiger partial charge in [0.05, 0.1) is 11.9 Å². The van der Waals surface area contributed by atoms with E-state index in [0.29, 0.717) is 16.0 Å². The Kier molecular flexibility index (Phi) is 7.51. The SMILES string of the molecule is O=C(CSc1nnc(NC(=O)NC2CCCCC2)s1)NC[C@@H]1CCCO1. The maximum absolute atomic E-state index is 12.0. The van der Waals surface area contributed by atoms with Gasteiger partial charge >= 0.3 is 6.03 Å². The van der Waals surface area contributed by atoms with Crippen LogP contribution in [0.4, 0.5) is 9.93 Å². The third kappa shape index (κ3) is 6.40. The fraction of sp³-hybridized carbons (Fsp3) is 0.750. The van der Waals surface area contributed by atoms with Crippen LogP contribution in [0.5, 0.6) is 0 Å². The van der Waals surface area contributed by atoms with Crippen LogP contribution >= 0.6 is 23.1 Å². The summed E-state index contributed by atoms with van der Waals surface area (Å²) >= 11 is 2.59. The smallest absolute Gasteiger partial charge is 0.321 e. The number of amides is 3. The van der Waals surface area contributed by atoms with Crippen molar-refractivity contribution >= 4 is 40.2 Å². The molecule has 0 spiro atoms. The van der Waals surface area contributed by atoms with Gasteiger partial charge in [-0.2, -0.15) is 0 Å². The molecule has 3 rings (SSSR count). The predicted octanol–water partition coefficient (Wildman–Crippen LogP) is 2.38. The van der Waals surface area contributed by atoms with Crippen LogP contribution in [-0.2, 0) is 9.53 Å². The number of carbonyl (C=O) groups is 2. The summed E-state index contributed by atoms with van der Waals surface area (Å²) < 4.78 is 6.13. The van der Waals surface area contributed by atoms with E-state index in [9.17, 15) is 9.59 Å². The molecule has 3 amide bonds. The largest absolute Gasteiger partial charge is 0.376 e. The molecule has 2 heterocycles. The van der Waals surface area contributed by atoms with E-state index in [2.05, 4.69) is 26.1 Å². The number of hydrogen-bond donors (Lipinski definition) is 3. The van der Waals surface area contributed by atoms with E-state index in [1.54, 1.807) is 0 Å². The monoisotopic (exact) mass is 399 g/mol. The molecule has 0 aromatic carbocycles. The highest BCUT2D eigenvalue weighted by atomic mass is 32.2. The number of rotatable bonds is 7. The van der Waals surface area contributed by atoms with E-state index in [-0.39, 0.29) is 29.8 Å². The first kappa shape index (κ1) is 19.4. The van der Waals surface area contributed by atoms with Crippen LogP contribution < -0.4 is 16.0 Å². The van der Waals surface area contributed by atoms with Crippen molar-refractivity contribution in [2.45, 2.75) is 61.4 Å². The maximum Gasteiger partial charge on any atom is 0.321 e. The lowest BCUT2D eigenvalue weighted by Crippen LogP contribution is -2.38. The number of urea groups is 1. The molecule has 0 unspecified atom stereocenters. The Bertz CT molecular complexity index is 600. The molecule has 2 fully saturated rings. The quantitative estimate of drug-likeness (QED) is 0.480. The summed E-state index contributed by atoms with van der Waals surface area (Å²) in [5.41, 5.74) is 0. The van der Waals surface area contributed by atoms with Crippen molar-refractivity contribution in [3.8, 4) is 0 Å². The molecule has 0 radical (unpaired) electrons. The molecule has 0 bridgehead atoms. The van der Waals surface area contributed by atoms with E-state index < -0.39 is 0 Å². The normalized spacial score (nSPS) is 20.7. The fourth-order valence-electron chi connectivity index (χ4n) is 3.10. The number of anilines is 1. The molecule has 3 N–H and O–H groups in total. The second-order valence-electron chi connectivity index (χ2n) is 6.53. The highest BCUT2D eigenvalue weighted by molar-refractivity contribution is 8.01. The molecule has 144 valence electrons. The van der Waals surface area contributed by atoms with Gasteiger partial charge in [-0.05, 0) is 25.7 Å². The molecular formula is C16H25N5O3S2. The Hall–Kier alpha value is -1.39. The van der Waals surface area contributed by atoms with Crippen molar-refractivity contribution in [1.29, 1.82) is 0 Å². The van der Waals surface area contributed by atoms with E-state index in [4.69, 9.17) is 4.74 Å². The summed E-state index contributed by atoms with van der Waals surface area (Å²) in [6.45, 7) is 1.34. The van der Waals surface area contributed by atoms with Crippen LogP contribution in [0.2, 0.25) is 0 Å². The van der Waals surface area contributed by atoms with Crippen LogP contribution in [-0.4, -0.2) is 53.2 Å². The second-order valence-corrected chi connectivity index (χ2v) is 8.73. The Labute approximate surface area is 161 Å². The second kappa shape index (κ2) is 10.1. The average molecular weight is 400 g/mol. The summed E-state index contributed by atoms with van der Waals surface area (Å²) in [6, 6.07) is 0.0111. The summed E-state index contributed by atoms with van der Waals surface area (Å²) in [5.74, 6) is 0.223. The number of aromatic nitrogens is 2. The summed E-state index contributed by atoms with van der Waals surface area (Å²) in [7, 11) is 0. The van der Waals surface area contributed by atoms with Gasteiger partial charge in [-0.15, -0.1) is 10.2 Å². The van der Waals surface area contributed by atoms with Gasteiger partial charge in [0.2, 0.25) is 11.0 Å². The minimum Gasteiger partial charge on any atom is -0.376 e. The lowest BCUT2D eigenvalue weighted by molar-refractivity contribution is -0.119. The number of thioether (sulfide) groups is 1. The maximum atomic E-state index is 12.0. The van der Waals surface area contributed by atoms with Gasteiger partial charge in [0.15, 0.2) is 4.34 Å². The molecule has 1 aliphatic carbocycles. The van der Waals surface area contributed by atoms with Crippen LogP contribution in [0.1, 0.15) is 44.9 Å². The third-order valence-corrected chi connectivity index (χ3v) is 6.42. The highest BCUT2D eigenvalue weighted by Gasteiger charge is 2.18. The molecule has 1 saturated carbocycles. The first-order valence-electron chi connectivity index (χ1n) is 9.11. The predicted molar refractivity (Wildman–Crippen MR) is 102 cm³/mol. The molecule has 1 aromatic heterocycles. The van der Waals surface area contributed by atoms with Crippen molar-refractivity contribution in [2.75, 3.05) is 24.2 Å². The first-order chi connectivity index (χ1) is 12.7. The van der Waals surface area contributed by atoms with Gasteiger partial charge in [-0.3, -0.25) is 10.1 Å². The number of nitrogens with one attached hydrogen (secondary N) is 3. The molecule has 1 atom stereocenters. The molecule has 1 aliphatic heterocycles. The van der Waals surface area contributed by atoms with Gasteiger partial charge in [0.1, 0.15) is 0 Å².